The number of hydrogen-bond acceptors (Lipinski definition) is 4. The molecule has 1 saturated heterocycles. The summed E-state index contributed by atoms with van der Waals surface area (Å²) in [5, 5.41) is 4.33. The van der Waals surface area contributed by atoms with Crippen molar-refractivity contribution in [3.05, 3.63) is 28.1 Å². The molecule has 20 heavy (non-hydrogen) atoms. The normalized spacial score (nSPS) is 22.3. The minimum Gasteiger partial charge on any atom is -0.397 e. The molecule has 1 amide bonds. The van der Waals surface area contributed by atoms with Crippen LogP contribution in [0.1, 0.15) is 23.0 Å². The zero-order valence-corrected chi connectivity index (χ0v) is 12.6. The van der Waals surface area contributed by atoms with Gasteiger partial charge in [0.25, 0.3) is 5.91 Å². The molecule has 3 rings (SSSR count). The molecule has 2 heterocycles. The van der Waals surface area contributed by atoms with Crippen LogP contribution in [0.5, 0.6) is 0 Å². The Balaban J connectivity index is 1.92. The van der Waals surface area contributed by atoms with Crippen molar-refractivity contribution in [2.45, 2.75) is 25.5 Å². The molecule has 0 saturated carbocycles. The van der Waals surface area contributed by atoms with Crippen LogP contribution in [-0.2, 0) is 4.74 Å². The molecule has 1 aromatic heterocycles. The number of amides is 1. The van der Waals surface area contributed by atoms with E-state index in [0.29, 0.717) is 22.2 Å². The van der Waals surface area contributed by atoms with Gasteiger partial charge in [-0.15, -0.1) is 11.3 Å². The molecule has 2 unspecified atom stereocenters. The lowest BCUT2D eigenvalue weighted by Crippen LogP contribution is -2.39. The summed E-state index contributed by atoms with van der Waals surface area (Å²) in [6.45, 7) is 2.64. The highest BCUT2D eigenvalue weighted by Gasteiger charge is 2.27. The van der Waals surface area contributed by atoms with Crippen LogP contribution in [0.25, 0.3) is 10.1 Å². The van der Waals surface area contributed by atoms with Gasteiger partial charge in [-0.3, -0.25) is 4.79 Å². The molecule has 0 aliphatic carbocycles. The molecule has 0 radical (unpaired) electrons. The Morgan fingerprint density at radius 2 is 2.35 bits per heavy atom. The van der Waals surface area contributed by atoms with Crippen LogP contribution in [0.15, 0.2) is 18.2 Å². The third-order valence-corrected chi connectivity index (χ3v) is 5.08. The summed E-state index contributed by atoms with van der Waals surface area (Å²) in [7, 11) is 0. The zero-order valence-electron chi connectivity index (χ0n) is 11.0. The van der Waals surface area contributed by atoms with Gasteiger partial charge in [-0.1, -0.05) is 17.7 Å². The Labute approximate surface area is 125 Å². The number of anilines is 1. The summed E-state index contributed by atoms with van der Waals surface area (Å²) in [5.41, 5.74) is 6.54. The van der Waals surface area contributed by atoms with Crippen molar-refractivity contribution >= 4 is 44.6 Å². The third-order valence-electron chi connectivity index (χ3n) is 3.60. The molecule has 0 bridgehead atoms. The molecular formula is C14H15ClN2O2S. The van der Waals surface area contributed by atoms with Crippen LogP contribution in [-0.4, -0.2) is 24.7 Å². The van der Waals surface area contributed by atoms with Crippen LogP contribution < -0.4 is 11.1 Å². The van der Waals surface area contributed by atoms with E-state index in [2.05, 4.69) is 5.32 Å². The largest absolute Gasteiger partial charge is 0.397 e. The lowest BCUT2D eigenvalue weighted by Gasteiger charge is -2.15. The molecule has 106 valence electrons. The van der Waals surface area contributed by atoms with Crippen LogP contribution in [0, 0.1) is 0 Å². The summed E-state index contributed by atoms with van der Waals surface area (Å²) in [6, 6.07) is 5.60. The summed E-state index contributed by atoms with van der Waals surface area (Å²) < 4.78 is 6.37. The summed E-state index contributed by atoms with van der Waals surface area (Å²) >= 11 is 7.52. The first-order valence-electron chi connectivity index (χ1n) is 6.47. The fourth-order valence-corrected chi connectivity index (χ4v) is 3.84. The second-order valence-corrected chi connectivity index (χ2v) is 6.36. The van der Waals surface area contributed by atoms with Crippen LogP contribution >= 0.6 is 22.9 Å². The molecule has 3 N–H and O–H groups in total. The topological polar surface area (TPSA) is 64.3 Å². The van der Waals surface area contributed by atoms with E-state index in [9.17, 15) is 4.79 Å². The van der Waals surface area contributed by atoms with E-state index in [1.807, 2.05) is 19.1 Å². The highest BCUT2D eigenvalue weighted by molar-refractivity contribution is 7.21. The number of rotatable bonds is 2. The number of benzene rings is 1. The number of nitrogens with one attached hydrogen (secondary N) is 1. The van der Waals surface area contributed by atoms with Gasteiger partial charge < -0.3 is 15.8 Å². The molecular weight excluding hydrogens is 296 g/mol. The Hall–Kier alpha value is -1.30. The van der Waals surface area contributed by atoms with Crippen LogP contribution in [0.4, 0.5) is 5.69 Å². The van der Waals surface area contributed by atoms with Gasteiger partial charge in [0.2, 0.25) is 0 Å². The van der Waals surface area contributed by atoms with Gasteiger partial charge in [0.15, 0.2) is 0 Å². The number of halogens is 1. The maximum absolute atomic E-state index is 12.4. The molecule has 1 aliphatic heterocycles. The molecule has 0 spiro atoms. The Morgan fingerprint density at radius 1 is 1.55 bits per heavy atom. The number of fused-ring (bicyclic) bond motifs is 1. The molecule has 1 aromatic carbocycles. The SMILES string of the molecule is CC1OCCC1NC(=O)c1sc2cccc(Cl)c2c1N. The van der Waals surface area contributed by atoms with Crippen molar-refractivity contribution in [2.24, 2.45) is 0 Å². The quantitative estimate of drug-likeness (QED) is 0.896. The number of carbonyl (C=O) groups excluding carboxylic acids is 1. The van der Waals surface area contributed by atoms with E-state index in [1.54, 1.807) is 6.07 Å². The number of nitrogens with two attached hydrogens (primary N) is 1. The van der Waals surface area contributed by atoms with E-state index in [0.717, 1.165) is 16.5 Å². The minimum absolute atomic E-state index is 0.0399. The van der Waals surface area contributed by atoms with E-state index in [1.165, 1.54) is 11.3 Å². The van der Waals surface area contributed by atoms with Crippen molar-refractivity contribution in [1.82, 2.24) is 5.32 Å². The van der Waals surface area contributed by atoms with Crippen LogP contribution in [0.2, 0.25) is 5.02 Å². The average molecular weight is 311 g/mol. The maximum Gasteiger partial charge on any atom is 0.263 e. The predicted molar refractivity (Wildman–Crippen MR) is 82.5 cm³/mol. The lowest BCUT2D eigenvalue weighted by atomic mass is 10.1. The first kappa shape index (κ1) is 13.7. The molecule has 2 atom stereocenters. The van der Waals surface area contributed by atoms with Gasteiger partial charge in [0, 0.05) is 16.7 Å². The number of ether oxygens (including phenoxy) is 1. The highest BCUT2D eigenvalue weighted by Crippen LogP contribution is 2.38. The fraction of sp³-hybridized carbons (Fsp3) is 0.357. The second-order valence-electron chi connectivity index (χ2n) is 4.90. The van der Waals surface area contributed by atoms with E-state index in [-0.39, 0.29) is 18.1 Å². The van der Waals surface area contributed by atoms with Crippen molar-refractivity contribution < 1.29 is 9.53 Å². The summed E-state index contributed by atoms with van der Waals surface area (Å²) in [6.07, 6.45) is 0.872. The number of hydrogen-bond donors (Lipinski definition) is 2. The van der Waals surface area contributed by atoms with Gasteiger partial charge in [-0.05, 0) is 25.5 Å². The first-order valence-corrected chi connectivity index (χ1v) is 7.66. The Kier molecular flexibility index (Phi) is 3.58. The van der Waals surface area contributed by atoms with Gasteiger partial charge in [-0.2, -0.15) is 0 Å². The number of carbonyl (C=O) groups is 1. The maximum atomic E-state index is 12.4. The molecule has 6 heteroatoms. The van der Waals surface area contributed by atoms with Crippen molar-refractivity contribution in [3.63, 3.8) is 0 Å². The van der Waals surface area contributed by atoms with Gasteiger partial charge in [0.1, 0.15) is 4.88 Å². The van der Waals surface area contributed by atoms with Crippen molar-refractivity contribution in [2.75, 3.05) is 12.3 Å². The average Bonchev–Trinajstić information content (AvgIpc) is 2.95. The number of nitrogen functional groups attached to an aromatic ring is 1. The minimum atomic E-state index is -0.151. The van der Waals surface area contributed by atoms with Crippen molar-refractivity contribution in [1.29, 1.82) is 0 Å². The smallest absolute Gasteiger partial charge is 0.263 e. The standard InChI is InChI=1S/C14H15ClN2O2S/c1-7-9(5-6-19-7)17-14(18)13-12(16)11-8(15)3-2-4-10(11)20-13/h2-4,7,9H,5-6,16H2,1H3,(H,17,18). The molecule has 4 nitrogen and oxygen atoms in total. The van der Waals surface area contributed by atoms with Gasteiger partial charge in [-0.25, -0.2) is 0 Å². The summed E-state index contributed by atoms with van der Waals surface area (Å²) in [5.74, 6) is -0.151. The fourth-order valence-electron chi connectivity index (χ4n) is 2.45. The highest BCUT2D eigenvalue weighted by atomic mass is 35.5. The van der Waals surface area contributed by atoms with E-state index in [4.69, 9.17) is 22.1 Å². The van der Waals surface area contributed by atoms with Crippen LogP contribution in [0.3, 0.4) is 0 Å². The Bertz CT molecular complexity index is 670. The predicted octanol–water partition coefficient (Wildman–Crippen LogP) is 3.04. The zero-order chi connectivity index (χ0) is 14.3. The van der Waals surface area contributed by atoms with Gasteiger partial charge >= 0.3 is 0 Å². The Morgan fingerprint density at radius 3 is 3.00 bits per heavy atom. The molecule has 2 aromatic rings. The second kappa shape index (κ2) is 5.24. The first-order chi connectivity index (χ1) is 9.58. The third kappa shape index (κ3) is 2.26. The number of thiophene rings is 1. The monoisotopic (exact) mass is 310 g/mol. The molecule has 1 fully saturated rings. The molecule has 1 aliphatic rings. The van der Waals surface area contributed by atoms with Crippen molar-refractivity contribution in [3.8, 4) is 0 Å². The summed E-state index contributed by atoms with van der Waals surface area (Å²) in [4.78, 5) is 12.9. The van der Waals surface area contributed by atoms with E-state index < -0.39 is 0 Å². The van der Waals surface area contributed by atoms with E-state index >= 15 is 0 Å². The van der Waals surface area contributed by atoms with Gasteiger partial charge in [0.05, 0.1) is 22.9 Å². The lowest BCUT2D eigenvalue weighted by molar-refractivity contribution is 0.0870.